The van der Waals surface area contributed by atoms with Gasteiger partial charge in [-0.3, -0.25) is 11.3 Å². The number of ether oxygens (including phenoxy) is 1. The molecule has 106 valence electrons. The monoisotopic (exact) mass is 282 g/mol. The second-order valence-electron chi connectivity index (χ2n) is 5.21. The SMILES string of the molecule is CCC(CC)C(Cc1cc(Cl)cc2c1OCC2)NN. The fourth-order valence-electron chi connectivity index (χ4n) is 2.95. The van der Waals surface area contributed by atoms with E-state index < -0.39 is 0 Å². The highest BCUT2D eigenvalue weighted by Crippen LogP contribution is 2.34. The molecule has 0 bridgehead atoms. The molecule has 19 heavy (non-hydrogen) atoms. The van der Waals surface area contributed by atoms with Gasteiger partial charge in [-0.25, -0.2) is 0 Å². The summed E-state index contributed by atoms with van der Waals surface area (Å²) < 4.78 is 5.75. The van der Waals surface area contributed by atoms with Gasteiger partial charge >= 0.3 is 0 Å². The van der Waals surface area contributed by atoms with Crippen molar-refractivity contribution >= 4 is 11.6 Å². The van der Waals surface area contributed by atoms with E-state index in [1.165, 1.54) is 11.1 Å². The van der Waals surface area contributed by atoms with Gasteiger partial charge in [0.1, 0.15) is 5.75 Å². The molecule has 0 saturated heterocycles. The van der Waals surface area contributed by atoms with Gasteiger partial charge in [0.2, 0.25) is 0 Å². The van der Waals surface area contributed by atoms with E-state index in [1.54, 1.807) is 0 Å². The Morgan fingerprint density at radius 1 is 1.37 bits per heavy atom. The molecule has 1 aromatic carbocycles. The molecule has 1 atom stereocenters. The first-order valence-electron chi connectivity index (χ1n) is 7.09. The molecular formula is C15H23ClN2O. The van der Waals surface area contributed by atoms with E-state index in [0.717, 1.165) is 43.1 Å². The maximum atomic E-state index is 6.20. The average Bonchev–Trinajstić information content (AvgIpc) is 2.86. The molecular weight excluding hydrogens is 260 g/mol. The fourth-order valence-corrected chi connectivity index (χ4v) is 3.22. The van der Waals surface area contributed by atoms with Crippen LogP contribution in [-0.4, -0.2) is 12.6 Å². The Kier molecular flexibility index (Phi) is 5.08. The van der Waals surface area contributed by atoms with E-state index in [4.69, 9.17) is 22.2 Å². The molecule has 0 amide bonds. The van der Waals surface area contributed by atoms with Crippen LogP contribution >= 0.6 is 11.6 Å². The Labute approximate surface area is 120 Å². The maximum Gasteiger partial charge on any atom is 0.125 e. The van der Waals surface area contributed by atoms with Crippen molar-refractivity contribution in [3.63, 3.8) is 0 Å². The summed E-state index contributed by atoms with van der Waals surface area (Å²) in [6.07, 6.45) is 4.06. The van der Waals surface area contributed by atoms with Crippen LogP contribution < -0.4 is 16.0 Å². The highest BCUT2D eigenvalue weighted by molar-refractivity contribution is 6.30. The summed E-state index contributed by atoms with van der Waals surface area (Å²) in [5, 5.41) is 0.791. The molecule has 2 rings (SSSR count). The maximum absolute atomic E-state index is 6.20. The number of nitrogens with two attached hydrogens (primary N) is 1. The summed E-state index contributed by atoms with van der Waals surface area (Å²) in [5.74, 6) is 7.33. The highest BCUT2D eigenvalue weighted by Gasteiger charge is 2.23. The third kappa shape index (κ3) is 3.22. The van der Waals surface area contributed by atoms with E-state index in [-0.39, 0.29) is 6.04 Å². The number of hydrogen-bond acceptors (Lipinski definition) is 3. The van der Waals surface area contributed by atoms with Crippen molar-refractivity contribution in [2.45, 2.75) is 45.6 Å². The summed E-state index contributed by atoms with van der Waals surface area (Å²) in [4.78, 5) is 0. The van der Waals surface area contributed by atoms with Crippen LogP contribution in [0.15, 0.2) is 12.1 Å². The minimum Gasteiger partial charge on any atom is -0.493 e. The van der Waals surface area contributed by atoms with Gasteiger partial charge in [-0.15, -0.1) is 0 Å². The molecule has 1 heterocycles. The zero-order valence-electron chi connectivity index (χ0n) is 11.7. The molecule has 4 heteroatoms. The van der Waals surface area contributed by atoms with E-state index in [9.17, 15) is 0 Å². The van der Waals surface area contributed by atoms with Gasteiger partial charge in [0.15, 0.2) is 0 Å². The molecule has 1 unspecified atom stereocenters. The lowest BCUT2D eigenvalue weighted by atomic mass is 9.89. The minimum atomic E-state index is 0.266. The molecule has 3 nitrogen and oxygen atoms in total. The summed E-state index contributed by atoms with van der Waals surface area (Å²) in [6, 6.07) is 4.29. The third-order valence-electron chi connectivity index (χ3n) is 4.10. The smallest absolute Gasteiger partial charge is 0.125 e. The number of rotatable bonds is 6. The summed E-state index contributed by atoms with van der Waals surface area (Å²) in [7, 11) is 0. The number of fused-ring (bicyclic) bond motifs is 1. The minimum absolute atomic E-state index is 0.266. The predicted molar refractivity (Wildman–Crippen MR) is 79.5 cm³/mol. The van der Waals surface area contributed by atoms with Crippen LogP contribution in [0, 0.1) is 5.92 Å². The summed E-state index contributed by atoms with van der Waals surface area (Å²) in [6.45, 7) is 5.17. The topological polar surface area (TPSA) is 47.3 Å². The Morgan fingerprint density at radius 3 is 2.74 bits per heavy atom. The molecule has 0 saturated carbocycles. The van der Waals surface area contributed by atoms with E-state index in [0.29, 0.717) is 5.92 Å². The first-order chi connectivity index (χ1) is 9.19. The van der Waals surface area contributed by atoms with Crippen molar-refractivity contribution in [3.8, 4) is 5.75 Å². The molecule has 1 aliphatic rings. The average molecular weight is 283 g/mol. The first kappa shape index (κ1) is 14.6. The van der Waals surface area contributed by atoms with Crippen molar-refractivity contribution in [2.24, 2.45) is 11.8 Å². The van der Waals surface area contributed by atoms with Crippen LogP contribution in [0.5, 0.6) is 5.75 Å². The number of hydrogen-bond donors (Lipinski definition) is 2. The van der Waals surface area contributed by atoms with Gasteiger partial charge in [-0.2, -0.15) is 0 Å². The standard InChI is InChI=1S/C15H23ClN2O/c1-3-10(4-2)14(18-17)9-12-8-13(16)7-11-5-6-19-15(11)12/h7-8,10,14,18H,3-6,9,17H2,1-2H3. The normalized spacial score (nSPS) is 15.4. The van der Waals surface area contributed by atoms with Crippen molar-refractivity contribution in [1.29, 1.82) is 0 Å². The summed E-state index contributed by atoms with van der Waals surface area (Å²) in [5.41, 5.74) is 5.37. The lowest BCUT2D eigenvalue weighted by molar-refractivity contribution is 0.324. The highest BCUT2D eigenvalue weighted by atomic mass is 35.5. The molecule has 0 radical (unpaired) electrons. The van der Waals surface area contributed by atoms with Gasteiger partial charge < -0.3 is 4.74 Å². The quantitative estimate of drug-likeness (QED) is 0.623. The Bertz CT molecular complexity index is 432. The molecule has 0 spiro atoms. The molecule has 0 fully saturated rings. The van der Waals surface area contributed by atoms with Crippen LogP contribution in [-0.2, 0) is 12.8 Å². The lowest BCUT2D eigenvalue weighted by Gasteiger charge is -2.25. The molecule has 0 aliphatic carbocycles. The van der Waals surface area contributed by atoms with Crippen LogP contribution in [0.3, 0.4) is 0 Å². The van der Waals surface area contributed by atoms with Gasteiger partial charge in [0, 0.05) is 17.5 Å². The van der Waals surface area contributed by atoms with Crippen LogP contribution in [0.25, 0.3) is 0 Å². The second kappa shape index (κ2) is 6.60. The van der Waals surface area contributed by atoms with E-state index in [2.05, 4.69) is 19.3 Å². The van der Waals surface area contributed by atoms with Gasteiger partial charge in [0.05, 0.1) is 6.61 Å². The zero-order valence-corrected chi connectivity index (χ0v) is 12.5. The lowest BCUT2D eigenvalue weighted by Crippen LogP contribution is -2.42. The van der Waals surface area contributed by atoms with Crippen LogP contribution in [0.2, 0.25) is 5.02 Å². The Hall–Kier alpha value is -0.770. The van der Waals surface area contributed by atoms with Gasteiger partial charge in [0.25, 0.3) is 0 Å². The molecule has 1 aromatic rings. The number of nitrogens with one attached hydrogen (secondary N) is 1. The van der Waals surface area contributed by atoms with Crippen molar-refractivity contribution in [3.05, 3.63) is 28.3 Å². The van der Waals surface area contributed by atoms with Gasteiger partial charge in [-0.1, -0.05) is 38.3 Å². The predicted octanol–water partition coefficient (Wildman–Crippen LogP) is 3.09. The molecule has 1 aliphatic heterocycles. The Balaban J connectivity index is 2.22. The van der Waals surface area contributed by atoms with Crippen molar-refractivity contribution < 1.29 is 4.74 Å². The number of halogens is 1. The second-order valence-corrected chi connectivity index (χ2v) is 5.64. The van der Waals surface area contributed by atoms with Crippen molar-refractivity contribution in [2.75, 3.05) is 6.61 Å². The summed E-state index contributed by atoms with van der Waals surface area (Å²) >= 11 is 6.20. The number of benzene rings is 1. The van der Waals surface area contributed by atoms with Crippen molar-refractivity contribution in [1.82, 2.24) is 5.43 Å². The zero-order chi connectivity index (χ0) is 13.8. The Morgan fingerprint density at radius 2 is 2.11 bits per heavy atom. The molecule has 0 aromatic heterocycles. The van der Waals surface area contributed by atoms with Gasteiger partial charge in [-0.05, 0) is 35.6 Å². The number of hydrazine groups is 1. The van der Waals surface area contributed by atoms with Crippen LogP contribution in [0.4, 0.5) is 0 Å². The first-order valence-corrected chi connectivity index (χ1v) is 7.47. The third-order valence-corrected chi connectivity index (χ3v) is 4.32. The fraction of sp³-hybridized carbons (Fsp3) is 0.600. The van der Waals surface area contributed by atoms with E-state index in [1.807, 2.05) is 12.1 Å². The van der Waals surface area contributed by atoms with E-state index >= 15 is 0 Å². The largest absolute Gasteiger partial charge is 0.493 e. The van der Waals surface area contributed by atoms with Crippen LogP contribution in [0.1, 0.15) is 37.8 Å². The molecule has 3 N–H and O–H groups in total.